The van der Waals surface area contributed by atoms with Crippen LogP contribution >= 0.6 is 0 Å². The summed E-state index contributed by atoms with van der Waals surface area (Å²) in [6.45, 7) is 5.56. The summed E-state index contributed by atoms with van der Waals surface area (Å²) >= 11 is 0. The molecule has 0 N–H and O–H groups in total. The van der Waals surface area contributed by atoms with Crippen LogP contribution < -0.4 is 9.64 Å². The van der Waals surface area contributed by atoms with Crippen LogP contribution in [0.25, 0.3) is 11.0 Å². The van der Waals surface area contributed by atoms with E-state index in [9.17, 15) is 0 Å². The SMILES string of the molecule is COc1ccc2onc(N(C)CCN3CCOCC3)c2c1. The van der Waals surface area contributed by atoms with Gasteiger partial charge < -0.3 is 18.9 Å². The molecule has 114 valence electrons. The van der Waals surface area contributed by atoms with E-state index in [1.54, 1.807) is 7.11 Å². The van der Waals surface area contributed by atoms with Crippen LogP contribution in [-0.2, 0) is 4.74 Å². The summed E-state index contributed by atoms with van der Waals surface area (Å²) in [6, 6.07) is 5.73. The molecule has 0 atom stereocenters. The minimum absolute atomic E-state index is 0.782. The number of hydrogen-bond acceptors (Lipinski definition) is 6. The standard InChI is InChI=1S/C15H21N3O3/c1-17(5-6-18-7-9-20-10-8-18)15-13-11-12(19-2)3-4-14(13)21-16-15/h3-4,11H,5-10H2,1-2H3. The first kappa shape index (κ1) is 14.2. The van der Waals surface area contributed by atoms with Gasteiger partial charge in [0.1, 0.15) is 5.75 Å². The Balaban J connectivity index is 1.70. The van der Waals surface area contributed by atoms with Gasteiger partial charge in [-0.2, -0.15) is 0 Å². The Labute approximate surface area is 124 Å². The van der Waals surface area contributed by atoms with Gasteiger partial charge in [-0.05, 0) is 18.2 Å². The molecule has 2 heterocycles. The van der Waals surface area contributed by atoms with Gasteiger partial charge in [-0.15, -0.1) is 0 Å². The average molecular weight is 291 g/mol. The molecule has 0 bridgehead atoms. The Morgan fingerprint density at radius 2 is 2.14 bits per heavy atom. The number of ether oxygens (including phenoxy) is 2. The Kier molecular flexibility index (Phi) is 4.26. The van der Waals surface area contributed by atoms with Crippen LogP contribution in [0, 0.1) is 0 Å². The first-order chi connectivity index (χ1) is 10.3. The summed E-state index contributed by atoms with van der Waals surface area (Å²) in [5, 5.41) is 5.17. The molecule has 0 unspecified atom stereocenters. The van der Waals surface area contributed by atoms with E-state index in [0.29, 0.717) is 0 Å². The van der Waals surface area contributed by atoms with Crippen LogP contribution in [0.4, 0.5) is 5.82 Å². The average Bonchev–Trinajstić information content (AvgIpc) is 2.96. The number of benzene rings is 1. The van der Waals surface area contributed by atoms with Gasteiger partial charge >= 0.3 is 0 Å². The maximum absolute atomic E-state index is 5.38. The minimum atomic E-state index is 0.782. The second-order valence-electron chi connectivity index (χ2n) is 5.24. The predicted octanol–water partition coefficient (Wildman–Crippen LogP) is 1.60. The van der Waals surface area contributed by atoms with Crippen molar-refractivity contribution in [3.8, 4) is 5.75 Å². The number of morpholine rings is 1. The van der Waals surface area contributed by atoms with Gasteiger partial charge in [-0.1, -0.05) is 5.16 Å². The van der Waals surface area contributed by atoms with E-state index in [4.69, 9.17) is 14.0 Å². The zero-order valence-electron chi connectivity index (χ0n) is 12.5. The smallest absolute Gasteiger partial charge is 0.179 e. The van der Waals surface area contributed by atoms with E-state index in [0.717, 1.165) is 61.9 Å². The molecule has 1 fully saturated rings. The third-order valence-electron chi connectivity index (χ3n) is 3.88. The van der Waals surface area contributed by atoms with E-state index >= 15 is 0 Å². The van der Waals surface area contributed by atoms with Gasteiger partial charge in [0.25, 0.3) is 0 Å². The van der Waals surface area contributed by atoms with Gasteiger partial charge in [-0.3, -0.25) is 4.90 Å². The molecule has 1 aliphatic rings. The van der Waals surface area contributed by atoms with E-state index in [1.165, 1.54) is 0 Å². The fourth-order valence-electron chi connectivity index (χ4n) is 2.53. The third-order valence-corrected chi connectivity index (χ3v) is 3.88. The molecule has 6 nitrogen and oxygen atoms in total. The highest BCUT2D eigenvalue weighted by Gasteiger charge is 2.15. The second-order valence-corrected chi connectivity index (χ2v) is 5.24. The molecular formula is C15H21N3O3. The van der Waals surface area contributed by atoms with Gasteiger partial charge in [0, 0.05) is 33.2 Å². The number of rotatable bonds is 5. The van der Waals surface area contributed by atoms with Crippen LogP contribution in [-0.4, -0.2) is 63.6 Å². The first-order valence-electron chi connectivity index (χ1n) is 7.22. The van der Waals surface area contributed by atoms with Gasteiger partial charge in [0.05, 0.1) is 25.7 Å². The number of aromatic nitrogens is 1. The molecule has 0 radical (unpaired) electrons. The molecule has 2 aromatic rings. The summed E-state index contributed by atoms with van der Waals surface area (Å²) in [4.78, 5) is 4.53. The first-order valence-corrected chi connectivity index (χ1v) is 7.22. The molecule has 21 heavy (non-hydrogen) atoms. The van der Waals surface area contributed by atoms with Crippen molar-refractivity contribution in [1.29, 1.82) is 0 Å². The normalized spacial score (nSPS) is 16.3. The molecule has 1 saturated heterocycles. The summed E-state index contributed by atoms with van der Waals surface area (Å²) < 4.78 is 16.0. The highest BCUT2D eigenvalue weighted by molar-refractivity contribution is 5.89. The zero-order chi connectivity index (χ0) is 14.7. The van der Waals surface area contributed by atoms with Crippen LogP contribution in [0.2, 0.25) is 0 Å². The lowest BCUT2D eigenvalue weighted by molar-refractivity contribution is 0.0392. The molecule has 1 aromatic heterocycles. The number of anilines is 1. The number of likely N-dealkylation sites (N-methyl/N-ethyl adjacent to an activating group) is 1. The third kappa shape index (κ3) is 3.11. The molecule has 3 rings (SSSR count). The Morgan fingerprint density at radius 3 is 2.90 bits per heavy atom. The highest BCUT2D eigenvalue weighted by Crippen LogP contribution is 2.28. The second kappa shape index (κ2) is 6.32. The van der Waals surface area contributed by atoms with E-state index < -0.39 is 0 Å². The van der Waals surface area contributed by atoms with Gasteiger partial charge in [0.15, 0.2) is 11.4 Å². The Morgan fingerprint density at radius 1 is 1.33 bits per heavy atom. The van der Waals surface area contributed by atoms with Crippen LogP contribution in [0.3, 0.4) is 0 Å². The lowest BCUT2D eigenvalue weighted by atomic mass is 10.2. The lowest BCUT2D eigenvalue weighted by Crippen LogP contribution is -2.40. The van der Waals surface area contributed by atoms with Crippen molar-refractivity contribution >= 4 is 16.8 Å². The number of nitrogens with zero attached hydrogens (tertiary/aromatic N) is 3. The summed E-state index contributed by atoms with van der Waals surface area (Å²) in [7, 11) is 3.70. The summed E-state index contributed by atoms with van der Waals surface area (Å²) in [6.07, 6.45) is 0. The Bertz CT molecular complexity index is 593. The van der Waals surface area contributed by atoms with E-state index in [1.807, 2.05) is 25.2 Å². The van der Waals surface area contributed by atoms with Crippen molar-refractivity contribution in [3.63, 3.8) is 0 Å². The largest absolute Gasteiger partial charge is 0.497 e. The summed E-state index contributed by atoms with van der Waals surface area (Å²) in [5.41, 5.74) is 0.782. The molecular weight excluding hydrogens is 270 g/mol. The summed E-state index contributed by atoms with van der Waals surface area (Å²) in [5.74, 6) is 1.67. The fraction of sp³-hybridized carbons (Fsp3) is 0.533. The molecule has 0 amide bonds. The quantitative estimate of drug-likeness (QED) is 0.834. The van der Waals surface area contributed by atoms with Crippen LogP contribution in [0.15, 0.2) is 22.7 Å². The molecule has 1 aliphatic heterocycles. The molecule has 0 spiro atoms. The van der Waals surface area contributed by atoms with E-state index in [-0.39, 0.29) is 0 Å². The van der Waals surface area contributed by atoms with Gasteiger partial charge in [-0.25, -0.2) is 0 Å². The number of fused-ring (bicyclic) bond motifs is 1. The monoisotopic (exact) mass is 291 g/mol. The number of hydrogen-bond donors (Lipinski definition) is 0. The molecule has 6 heteroatoms. The maximum atomic E-state index is 5.38. The van der Waals surface area contributed by atoms with Crippen LogP contribution in [0.1, 0.15) is 0 Å². The van der Waals surface area contributed by atoms with Crippen molar-refractivity contribution in [3.05, 3.63) is 18.2 Å². The number of methoxy groups -OCH3 is 1. The van der Waals surface area contributed by atoms with E-state index in [2.05, 4.69) is 15.0 Å². The topological polar surface area (TPSA) is 51.0 Å². The van der Waals surface area contributed by atoms with Crippen molar-refractivity contribution in [2.45, 2.75) is 0 Å². The minimum Gasteiger partial charge on any atom is -0.497 e. The fourth-order valence-corrected chi connectivity index (χ4v) is 2.53. The predicted molar refractivity (Wildman–Crippen MR) is 81.1 cm³/mol. The van der Waals surface area contributed by atoms with Crippen LogP contribution in [0.5, 0.6) is 5.75 Å². The van der Waals surface area contributed by atoms with Gasteiger partial charge in [0.2, 0.25) is 0 Å². The molecule has 0 aliphatic carbocycles. The maximum Gasteiger partial charge on any atom is 0.179 e. The molecule has 0 saturated carbocycles. The lowest BCUT2D eigenvalue weighted by Gasteiger charge is -2.28. The van der Waals surface area contributed by atoms with Crippen molar-refractivity contribution in [2.75, 3.05) is 58.5 Å². The highest BCUT2D eigenvalue weighted by atomic mass is 16.5. The van der Waals surface area contributed by atoms with Crippen molar-refractivity contribution in [1.82, 2.24) is 10.1 Å². The van der Waals surface area contributed by atoms with Crippen molar-refractivity contribution < 1.29 is 14.0 Å². The van der Waals surface area contributed by atoms with Crippen molar-refractivity contribution in [2.24, 2.45) is 0 Å². The zero-order valence-corrected chi connectivity index (χ0v) is 12.5. The Hall–Kier alpha value is -1.79. The molecule has 1 aromatic carbocycles.